The summed E-state index contributed by atoms with van der Waals surface area (Å²) in [6.07, 6.45) is -0.557. The largest absolute Gasteiger partial charge is 0.387 e. The number of hydrogen-bond donors (Lipinski definition) is 1. The van der Waals surface area contributed by atoms with E-state index in [1.165, 1.54) is 0 Å². The molecule has 1 aromatic rings. The predicted octanol–water partition coefficient (Wildman–Crippen LogP) is 0.299. The number of nitrogens with zero attached hydrogens (tertiary/aromatic N) is 2. The average Bonchev–Trinajstić information content (AvgIpc) is 2.56. The molecule has 0 spiro atoms. The van der Waals surface area contributed by atoms with Crippen molar-refractivity contribution in [3.05, 3.63) is 35.9 Å². The van der Waals surface area contributed by atoms with Gasteiger partial charge < -0.3 is 10.0 Å². The molecule has 0 saturated carbocycles. The molecule has 1 saturated heterocycles. The van der Waals surface area contributed by atoms with Crippen LogP contribution in [0.2, 0.25) is 0 Å². The van der Waals surface area contributed by atoms with E-state index in [2.05, 4.69) is 4.90 Å². The lowest BCUT2D eigenvalue weighted by atomic mass is 10.1. The van der Waals surface area contributed by atoms with E-state index in [0.717, 1.165) is 5.56 Å². The Bertz CT molecular complexity index is 610. The van der Waals surface area contributed by atoms with Crippen molar-refractivity contribution in [3.63, 3.8) is 0 Å². The predicted molar refractivity (Wildman–Crippen MR) is 88.7 cm³/mol. The molecule has 1 N–H and O–H groups in total. The molecule has 23 heavy (non-hydrogen) atoms. The molecule has 1 aromatic carbocycles. The molecule has 1 unspecified atom stereocenters. The van der Waals surface area contributed by atoms with Crippen LogP contribution in [0.4, 0.5) is 0 Å². The van der Waals surface area contributed by atoms with E-state index in [1.54, 1.807) is 11.8 Å². The third kappa shape index (κ3) is 5.30. The van der Waals surface area contributed by atoms with Gasteiger partial charge in [0.1, 0.15) is 5.75 Å². The smallest absolute Gasteiger partial charge is 0.237 e. The first-order valence-corrected chi connectivity index (χ1v) is 9.67. The number of hydrogen-bond acceptors (Lipinski definition) is 5. The molecule has 1 aliphatic rings. The monoisotopic (exact) mass is 340 g/mol. The lowest BCUT2D eigenvalue weighted by Gasteiger charge is -2.35. The molecule has 1 aliphatic heterocycles. The Morgan fingerprint density at radius 3 is 2.35 bits per heavy atom. The molecule has 0 aromatic heterocycles. The standard InChI is InChI=1S/C16H24N2O4S/c1-2-23(21,22)13-16(20)18-10-8-17(9-11-18)12-15(19)14-6-4-3-5-7-14/h3-7,15,19H,2,8-13H2,1H3. The van der Waals surface area contributed by atoms with E-state index in [9.17, 15) is 18.3 Å². The second-order valence-electron chi connectivity index (χ2n) is 5.78. The van der Waals surface area contributed by atoms with Crippen molar-refractivity contribution in [1.29, 1.82) is 0 Å². The Morgan fingerprint density at radius 1 is 1.17 bits per heavy atom. The first-order chi connectivity index (χ1) is 10.9. The fourth-order valence-corrected chi connectivity index (χ4v) is 3.35. The van der Waals surface area contributed by atoms with E-state index >= 15 is 0 Å². The molecule has 0 radical (unpaired) electrons. The van der Waals surface area contributed by atoms with Crippen LogP contribution in [0.25, 0.3) is 0 Å². The maximum absolute atomic E-state index is 12.0. The summed E-state index contributed by atoms with van der Waals surface area (Å²) in [4.78, 5) is 15.7. The first-order valence-electron chi connectivity index (χ1n) is 7.85. The third-order valence-corrected chi connectivity index (χ3v) is 5.69. The zero-order valence-corrected chi connectivity index (χ0v) is 14.2. The third-order valence-electron chi connectivity index (χ3n) is 4.12. The number of sulfone groups is 1. The topological polar surface area (TPSA) is 77.9 Å². The summed E-state index contributed by atoms with van der Waals surface area (Å²) in [6.45, 7) is 4.34. The minimum Gasteiger partial charge on any atom is -0.387 e. The van der Waals surface area contributed by atoms with Crippen LogP contribution in [-0.4, -0.2) is 73.5 Å². The molecular formula is C16H24N2O4S. The number of rotatable bonds is 6. The number of amides is 1. The van der Waals surface area contributed by atoms with Crippen LogP contribution in [0.15, 0.2) is 30.3 Å². The van der Waals surface area contributed by atoms with Gasteiger partial charge in [0.25, 0.3) is 0 Å². The molecule has 6 nitrogen and oxygen atoms in total. The van der Waals surface area contributed by atoms with E-state index in [1.807, 2.05) is 30.3 Å². The molecule has 0 aliphatic carbocycles. The van der Waals surface area contributed by atoms with Crippen molar-refractivity contribution in [3.8, 4) is 0 Å². The molecule has 1 fully saturated rings. The summed E-state index contributed by atoms with van der Waals surface area (Å²) in [5, 5.41) is 10.2. The summed E-state index contributed by atoms with van der Waals surface area (Å²) < 4.78 is 23.1. The van der Waals surface area contributed by atoms with Crippen molar-refractivity contribution in [2.24, 2.45) is 0 Å². The van der Waals surface area contributed by atoms with Crippen molar-refractivity contribution < 1.29 is 18.3 Å². The highest BCUT2D eigenvalue weighted by atomic mass is 32.2. The molecular weight excluding hydrogens is 316 g/mol. The Balaban J connectivity index is 1.81. The highest BCUT2D eigenvalue weighted by molar-refractivity contribution is 7.92. The van der Waals surface area contributed by atoms with Gasteiger partial charge in [0.15, 0.2) is 9.84 Å². The van der Waals surface area contributed by atoms with Gasteiger partial charge in [-0.15, -0.1) is 0 Å². The lowest BCUT2D eigenvalue weighted by molar-refractivity contribution is -0.130. The molecule has 0 bridgehead atoms. The quantitative estimate of drug-likeness (QED) is 0.806. The molecule has 7 heteroatoms. The molecule has 1 atom stereocenters. The van der Waals surface area contributed by atoms with Crippen molar-refractivity contribution >= 4 is 15.7 Å². The van der Waals surface area contributed by atoms with E-state index in [4.69, 9.17) is 0 Å². The molecule has 1 heterocycles. The molecule has 2 rings (SSSR count). The second kappa shape index (κ2) is 7.90. The number of carbonyl (C=O) groups excluding carboxylic acids is 1. The van der Waals surface area contributed by atoms with E-state index in [0.29, 0.717) is 32.7 Å². The van der Waals surface area contributed by atoms with Gasteiger partial charge in [0.05, 0.1) is 6.10 Å². The maximum atomic E-state index is 12.0. The van der Waals surface area contributed by atoms with Crippen LogP contribution < -0.4 is 0 Å². The van der Waals surface area contributed by atoms with E-state index in [-0.39, 0.29) is 11.7 Å². The summed E-state index contributed by atoms with van der Waals surface area (Å²) in [5.41, 5.74) is 0.875. The number of carbonyl (C=O) groups is 1. The fraction of sp³-hybridized carbons (Fsp3) is 0.562. The van der Waals surface area contributed by atoms with Gasteiger partial charge in [-0.1, -0.05) is 37.3 Å². The van der Waals surface area contributed by atoms with Crippen molar-refractivity contribution in [2.75, 3.05) is 44.2 Å². The van der Waals surface area contributed by atoms with Crippen LogP contribution in [0, 0.1) is 0 Å². The zero-order chi connectivity index (χ0) is 16.9. The Morgan fingerprint density at radius 2 is 1.78 bits per heavy atom. The number of aliphatic hydroxyl groups excluding tert-OH is 1. The average molecular weight is 340 g/mol. The summed E-state index contributed by atoms with van der Waals surface area (Å²) in [7, 11) is -3.28. The van der Waals surface area contributed by atoms with E-state index < -0.39 is 21.7 Å². The summed E-state index contributed by atoms with van der Waals surface area (Å²) in [6, 6.07) is 9.47. The summed E-state index contributed by atoms with van der Waals surface area (Å²) >= 11 is 0. The summed E-state index contributed by atoms with van der Waals surface area (Å²) in [5.74, 6) is -0.743. The van der Waals surface area contributed by atoms with Gasteiger partial charge in [-0.2, -0.15) is 0 Å². The van der Waals surface area contributed by atoms with Gasteiger partial charge in [0, 0.05) is 38.5 Å². The Hall–Kier alpha value is -1.44. The van der Waals surface area contributed by atoms with Crippen LogP contribution in [-0.2, 0) is 14.6 Å². The highest BCUT2D eigenvalue weighted by Crippen LogP contribution is 2.15. The van der Waals surface area contributed by atoms with Crippen LogP contribution >= 0.6 is 0 Å². The second-order valence-corrected chi connectivity index (χ2v) is 8.14. The highest BCUT2D eigenvalue weighted by Gasteiger charge is 2.25. The number of β-amino-alcohol motifs (C(OH)–C–C–N with tert-alkyl or cyclic N) is 1. The number of piperazine rings is 1. The Kier molecular flexibility index (Phi) is 6.15. The first kappa shape index (κ1) is 17.9. The van der Waals surface area contributed by atoms with Crippen molar-refractivity contribution in [2.45, 2.75) is 13.0 Å². The van der Waals surface area contributed by atoms with Gasteiger partial charge >= 0.3 is 0 Å². The zero-order valence-electron chi connectivity index (χ0n) is 13.4. The van der Waals surface area contributed by atoms with Crippen molar-refractivity contribution in [1.82, 2.24) is 9.80 Å². The fourth-order valence-electron chi connectivity index (χ4n) is 2.59. The van der Waals surface area contributed by atoms with Gasteiger partial charge in [-0.05, 0) is 5.56 Å². The van der Waals surface area contributed by atoms with Gasteiger partial charge in [0.2, 0.25) is 5.91 Å². The number of aliphatic hydroxyl groups is 1. The van der Waals surface area contributed by atoms with Crippen LogP contribution in [0.3, 0.4) is 0 Å². The maximum Gasteiger partial charge on any atom is 0.237 e. The Labute approximate surface area is 137 Å². The van der Waals surface area contributed by atoms with Crippen LogP contribution in [0.5, 0.6) is 0 Å². The number of benzene rings is 1. The minimum atomic E-state index is -3.28. The van der Waals surface area contributed by atoms with Gasteiger partial charge in [-0.25, -0.2) is 8.42 Å². The minimum absolute atomic E-state index is 0.0119. The normalized spacial score (nSPS) is 17.9. The SMILES string of the molecule is CCS(=O)(=O)CC(=O)N1CCN(CC(O)c2ccccc2)CC1. The van der Waals surface area contributed by atoms with Gasteiger partial charge in [-0.3, -0.25) is 9.69 Å². The molecule has 1 amide bonds. The van der Waals surface area contributed by atoms with Crippen LogP contribution in [0.1, 0.15) is 18.6 Å². The molecule has 128 valence electrons. The lowest BCUT2D eigenvalue weighted by Crippen LogP contribution is -2.50.